The normalized spacial score (nSPS) is 27.1. The van der Waals surface area contributed by atoms with Crippen LogP contribution in [0.15, 0.2) is 6.33 Å². The molecule has 0 aromatic carbocycles. The molecule has 3 N–H and O–H groups in total. The van der Waals surface area contributed by atoms with Gasteiger partial charge in [0.25, 0.3) is 0 Å². The van der Waals surface area contributed by atoms with Crippen molar-refractivity contribution in [2.75, 3.05) is 19.0 Å². The lowest BCUT2D eigenvalue weighted by Crippen LogP contribution is -2.52. The highest BCUT2D eigenvalue weighted by molar-refractivity contribution is 5.50. The Hall–Kier alpha value is -1.36. The molecule has 0 amide bonds. The number of methoxy groups -OCH3 is 1. The molecule has 1 aliphatic rings. The first kappa shape index (κ1) is 14.1. The molecule has 5 nitrogen and oxygen atoms in total. The van der Waals surface area contributed by atoms with Crippen LogP contribution in [0.3, 0.4) is 0 Å². The second-order valence-corrected chi connectivity index (χ2v) is 5.49. The minimum Gasteiger partial charge on any atom is -0.481 e. The van der Waals surface area contributed by atoms with Gasteiger partial charge in [0.1, 0.15) is 12.1 Å². The Bertz CT molecular complexity index is 437. The van der Waals surface area contributed by atoms with Crippen molar-refractivity contribution in [2.24, 2.45) is 11.7 Å². The number of anilines is 1. The van der Waals surface area contributed by atoms with E-state index in [0.717, 1.165) is 17.8 Å². The third-order valence-electron chi connectivity index (χ3n) is 4.42. The standard InChI is InChI=1S/C14H24N4O/c1-10-6-4-5-7-14(10,8-15)18-12-11(2)13(19-3)17-9-16-12/h9-10H,4-8,15H2,1-3H3,(H,16,17,18). The molecule has 0 bridgehead atoms. The van der Waals surface area contributed by atoms with Gasteiger partial charge in [-0.05, 0) is 25.7 Å². The molecule has 1 fully saturated rings. The molecule has 2 rings (SSSR count). The molecular weight excluding hydrogens is 240 g/mol. The average Bonchev–Trinajstić information content (AvgIpc) is 2.44. The van der Waals surface area contributed by atoms with E-state index in [1.807, 2.05) is 6.92 Å². The van der Waals surface area contributed by atoms with Crippen LogP contribution < -0.4 is 15.8 Å². The smallest absolute Gasteiger partial charge is 0.221 e. The summed E-state index contributed by atoms with van der Waals surface area (Å²) in [7, 11) is 1.63. The molecular formula is C14H24N4O. The lowest BCUT2D eigenvalue weighted by Gasteiger charge is -2.43. The van der Waals surface area contributed by atoms with Crippen molar-refractivity contribution in [3.8, 4) is 5.88 Å². The molecule has 1 aromatic heterocycles. The van der Waals surface area contributed by atoms with E-state index in [2.05, 4.69) is 22.2 Å². The molecule has 1 aromatic rings. The zero-order chi connectivity index (χ0) is 13.9. The van der Waals surface area contributed by atoms with Gasteiger partial charge in [0.05, 0.1) is 18.2 Å². The summed E-state index contributed by atoms with van der Waals surface area (Å²) in [6.45, 7) is 4.87. The summed E-state index contributed by atoms with van der Waals surface area (Å²) in [6.07, 6.45) is 6.35. The van der Waals surface area contributed by atoms with Gasteiger partial charge in [0.2, 0.25) is 5.88 Å². The summed E-state index contributed by atoms with van der Waals surface area (Å²) in [5.74, 6) is 2.01. The minimum atomic E-state index is -0.0532. The average molecular weight is 264 g/mol. The molecule has 2 atom stereocenters. The predicted molar refractivity (Wildman–Crippen MR) is 76.4 cm³/mol. The molecule has 0 spiro atoms. The SMILES string of the molecule is COc1ncnc(NC2(CN)CCCCC2C)c1C. The molecule has 5 heteroatoms. The van der Waals surface area contributed by atoms with Gasteiger partial charge < -0.3 is 15.8 Å². The minimum absolute atomic E-state index is 0.0532. The quantitative estimate of drug-likeness (QED) is 0.871. The zero-order valence-corrected chi connectivity index (χ0v) is 12.1. The largest absolute Gasteiger partial charge is 0.481 e. The molecule has 106 valence electrons. The number of rotatable bonds is 4. The highest BCUT2D eigenvalue weighted by Gasteiger charge is 2.37. The predicted octanol–water partition coefficient (Wildman–Crippen LogP) is 2.11. The van der Waals surface area contributed by atoms with Crippen LogP contribution in [0, 0.1) is 12.8 Å². The van der Waals surface area contributed by atoms with Gasteiger partial charge in [-0.2, -0.15) is 0 Å². The third kappa shape index (κ3) is 2.66. The monoisotopic (exact) mass is 264 g/mol. The highest BCUT2D eigenvalue weighted by atomic mass is 16.5. The first-order valence-corrected chi connectivity index (χ1v) is 6.97. The van der Waals surface area contributed by atoms with E-state index in [1.165, 1.54) is 25.6 Å². The van der Waals surface area contributed by atoms with Gasteiger partial charge in [-0.25, -0.2) is 9.97 Å². The molecule has 2 unspecified atom stereocenters. The second kappa shape index (κ2) is 5.74. The first-order chi connectivity index (χ1) is 9.13. The Labute approximate surface area is 115 Å². The van der Waals surface area contributed by atoms with Crippen molar-refractivity contribution in [3.63, 3.8) is 0 Å². The molecule has 1 saturated carbocycles. The maximum Gasteiger partial charge on any atom is 0.221 e. The zero-order valence-electron chi connectivity index (χ0n) is 12.1. The summed E-state index contributed by atoms with van der Waals surface area (Å²) >= 11 is 0. The van der Waals surface area contributed by atoms with Crippen LogP contribution in [-0.4, -0.2) is 29.2 Å². The van der Waals surface area contributed by atoms with E-state index in [1.54, 1.807) is 7.11 Å². The summed E-state index contributed by atoms with van der Waals surface area (Å²) in [6, 6.07) is 0. The van der Waals surface area contributed by atoms with Crippen LogP contribution >= 0.6 is 0 Å². The number of hydrogen-bond donors (Lipinski definition) is 2. The molecule has 1 aliphatic carbocycles. The number of ether oxygens (including phenoxy) is 1. The van der Waals surface area contributed by atoms with Gasteiger partial charge in [-0.1, -0.05) is 19.8 Å². The lowest BCUT2D eigenvalue weighted by molar-refractivity contribution is 0.235. The van der Waals surface area contributed by atoms with Crippen molar-refractivity contribution < 1.29 is 4.74 Å². The molecule has 0 radical (unpaired) electrons. The lowest BCUT2D eigenvalue weighted by atomic mass is 9.73. The Kier molecular flexibility index (Phi) is 4.24. The van der Waals surface area contributed by atoms with Crippen LogP contribution in [0.25, 0.3) is 0 Å². The molecule has 0 aliphatic heterocycles. The summed E-state index contributed by atoms with van der Waals surface area (Å²) in [5.41, 5.74) is 6.95. The Balaban J connectivity index is 2.27. The van der Waals surface area contributed by atoms with E-state index < -0.39 is 0 Å². The Morgan fingerprint density at radius 2 is 2.26 bits per heavy atom. The molecule has 1 heterocycles. The van der Waals surface area contributed by atoms with Crippen molar-refractivity contribution in [3.05, 3.63) is 11.9 Å². The number of hydrogen-bond acceptors (Lipinski definition) is 5. The topological polar surface area (TPSA) is 73.1 Å². The Morgan fingerprint density at radius 3 is 2.89 bits per heavy atom. The van der Waals surface area contributed by atoms with Crippen molar-refractivity contribution >= 4 is 5.82 Å². The molecule has 0 saturated heterocycles. The van der Waals surface area contributed by atoms with Crippen LogP contribution in [0.2, 0.25) is 0 Å². The van der Waals surface area contributed by atoms with Gasteiger partial charge in [0.15, 0.2) is 0 Å². The summed E-state index contributed by atoms with van der Waals surface area (Å²) < 4.78 is 5.25. The number of nitrogens with one attached hydrogen (secondary N) is 1. The van der Waals surface area contributed by atoms with E-state index >= 15 is 0 Å². The maximum atomic E-state index is 6.06. The fourth-order valence-corrected chi connectivity index (χ4v) is 2.96. The van der Waals surface area contributed by atoms with Gasteiger partial charge in [0, 0.05) is 6.54 Å². The first-order valence-electron chi connectivity index (χ1n) is 6.97. The van der Waals surface area contributed by atoms with Gasteiger partial charge >= 0.3 is 0 Å². The third-order valence-corrected chi connectivity index (χ3v) is 4.42. The number of nitrogens with zero attached hydrogens (tertiary/aromatic N) is 2. The number of aromatic nitrogens is 2. The molecule has 19 heavy (non-hydrogen) atoms. The Morgan fingerprint density at radius 1 is 1.47 bits per heavy atom. The van der Waals surface area contributed by atoms with E-state index in [4.69, 9.17) is 10.5 Å². The van der Waals surface area contributed by atoms with Crippen molar-refractivity contribution in [1.29, 1.82) is 0 Å². The second-order valence-electron chi connectivity index (χ2n) is 5.49. The van der Waals surface area contributed by atoms with Gasteiger partial charge in [-0.3, -0.25) is 0 Å². The van der Waals surface area contributed by atoms with E-state index in [9.17, 15) is 0 Å². The fraction of sp³-hybridized carbons (Fsp3) is 0.714. The van der Waals surface area contributed by atoms with Crippen molar-refractivity contribution in [2.45, 2.75) is 45.1 Å². The van der Waals surface area contributed by atoms with Crippen LogP contribution in [0.5, 0.6) is 5.88 Å². The van der Waals surface area contributed by atoms with E-state index in [0.29, 0.717) is 18.3 Å². The van der Waals surface area contributed by atoms with Crippen molar-refractivity contribution in [1.82, 2.24) is 9.97 Å². The number of nitrogens with two attached hydrogens (primary N) is 1. The highest BCUT2D eigenvalue weighted by Crippen LogP contribution is 2.36. The van der Waals surface area contributed by atoms with Crippen LogP contribution in [0.1, 0.15) is 38.2 Å². The van der Waals surface area contributed by atoms with E-state index in [-0.39, 0.29) is 5.54 Å². The van der Waals surface area contributed by atoms with Crippen LogP contribution in [-0.2, 0) is 0 Å². The van der Waals surface area contributed by atoms with Crippen LogP contribution in [0.4, 0.5) is 5.82 Å². The summed E-state index contributed by atoms with van der Waals surface area (Å²) in [4.78, 5) is 8.46. The van der Waals surface area contributed by atoms with Gasteiger partial charge in [-0.15, -0.1) is 0 Å². The fourth-order valence-electron chi connectivity index (χ4n) is 2.96. The maximum absolute atomic E-state index is 6.06. The summed E-state index contributed by atoms with van der Waals surface area (Å²) in [5, 5.41) is 3.58.